The molecule has 0 fully saturated rings. The third kappa shape index (κ3) is 4.42. The Labute approximate surface area is 134 Å². The maximum absolute atomic E-state index is 12.1. The molecule has 0 saturated carbocycles. The molecule has 0 aliphatic rings. The van der Waals surface area contributed by atoms with Crippen LogP contribution in [0.1, 0.15) is 23.5 Å². The molecule has 2 rings (SSSR count). The normalized spacial score (nSPS) is 11.8. The van der Waals surface area contributed by atoms with Crippen molar-refractivity contribution in [2.45, 2.75) is 19.4 Å². The maximum atomic E-state index is 12.1. The molecule has 1 atom stereocenters. The van der Waals surface area contributed by atoms with Crippen molar-refractivity contribution in [2.75, 3.05) is 20.7 Å². The molecule has 0 aromatic carbocycles. The molecule has 6 nitrogen and oxygen atoms in total. The van der Waals surface area contributed by atoms with Gasteiger partial charge >= 0.3 is 6.03 Å². The monoisotopic (exact) mass is 320 g/mol. The molecule has 2 aromatic heterocycles. The van der Waals surface area contributed by atoms with Crippen LogP contribution in [0.5, 0.6) is 5.88 Å². The van der Waals surface area contributed by atoms with Crippen LogP contribution in [0.2, 0.25) is 0 Å². The molecule has 0 radical (unpaired) electrons. The molecule has 2 amide bonds. The van der Waals surface area contributed by atoms with Gasteiger partial charge in [-0.1, -0.05) is 13.0 Å². The molecule has 7 heteroatoms. The lowest BCUT2D eigenvalue weighted by molar-refractivity contribution is 0.206. The van der Waals surface area contributed by atoms with E-state index in [9.17, 15) is 4.79 Å². The van der Waals surface area contributed by atoms with Crippen LogP contribution in [-0.2, 0) is 6.54 Å². The van der Waals surface area contributed by atoms with Crippen LogP contribution in [-0.4, -0.2) is 41.6 Å². The molecule has 0 unspecified atom stereocenters. The minimum atomic E-state index is -0.131. The number of hydrogen-bond acceptors (Lipinski definition) is 5. The molecular weight excluding hydrogens is 300 g/mol. The van der Waals surface area contributed by atoms with Crippen LogP contribution in [0.25, 0.3) is 0 Å². The second-order valence-electron chi connectivity index (χ2n) is 4.98. The highest BCUT2D eigenvalue weighted by Gasteiger charge is 2.15. The summed E-state index contributed by atoms with van der Waals surface area (Å²) in [6.45, 7) is 3.04. The molecule has 0 saturated heterocycles. The lowest BCUT2D eigenvalue weighted by atomic mass is 10.2. The van der Waals surface area contributed by atoms with Crippen molar-refractivity contribution in [1.82, 2.24) is 20.2 Å². The van der Waals surface area contributed by atoms with Gasteiger partial charge in [-0.2, -0.15) is 0 Å². The average Bonchev–Trinajstić information content (AvgIpc) is 3.07. The number of amides is 2. The fourth-order valence-corrected chi connectivity index (χ4v) is 2.71. The van der Waals surface area contributed by atoms with E-state index in [4.69, 9.17) is 4.74 Å². The van der Waals surface area contributed by atoms with Crippen LogP contribution < -0.4 is 10.1 Å². The zero-order chi connectivity index (χ0) is 15.9. The number of pyridine rings is 1. The topological polar surface area (TPSA) is 67.3 Å². The summed E-state index contributed by atoms with van der Waals surface area (Å²) in [7, 11) is 3.34. The molecule has 22 heavy (non-hydrogen) atoms. The Balaban J connectivity index is 1.83. The van der Waals surface area contributed by atoms with Crippen molar-refractivity contribution in [3.63, 3.8) is 0 Å². The van der Waals surface area contributed by atoms with Crippen LogP contribution in [0.3, 0.4) is 0 Å². The summed E-state index contributed by atoms with van der Waals surface area (Å²) in [4.78, 5) is 22.3. The Morgan fingerprint density at radius 1 is 1.50 bits per heavy atom. The summed E-state index contributed by atoms with van der Waals surface area (Å²) >= 11 is 1.61. The van der Waals surface area contributed by atoms with E-state index in [-0.39, 0.29) is 11.9 Å². The SMILES string of the molecule is COc1cccc(CNC(=O)N(C)C[C@H](C)c2nccs2)n1. The van der Waals surface area contributed by atoms with Crippen molar-refractivity contribution in [2.24, 2.45) is 0 Å². The number of likely N-dealkylation sites (N-methyl/N-ethyl adjacent to an activating group) is 1. The van der Waals surface area contributed by atoms with E-state index < -0.39 is 0 Å². The van der Waals surface area contributed by atoms with E-state index in [0.29, 0.717) is 19.0 Å². The van der Waals surface area contributed by atoms with Gasteiger partial charge < -0.3 is 15.0 Å². The first-order valence-electron chi connectivity index (χ1n) is 6.98. The zero-order valence-corrected chi connectivity index (χ0v) is 13.8. The summed E-state index contributed by atoms with van der Waals surface area (Å²) in [6.07, 6.45) is 1.78. The summed E-state index contributed by atoms with van der Waals surface area (Å²) in [5, 5.41) is 5.83. The molecule has 1 N–H and O–H groups in total. The summed E-state index contributed by atoms with van der Waals surface area (Å²) in [5.74, 6) is 0.753. The van der Waals surface area contributed by atoms with Gasteiger partial charge in [-0.3, -0.25) is 0 Å². The first-order chi connectivity index (χ1) is 10.6. The van der Waals surface area contributed by atoms with Gasteiger partial charge in [-0.15, -0.1) is 11.3 Å². The van der Waals surface area contributed by atoms with Crippen molar-refractivity contribution >= 4 is 17.4 Å². The Bertz CT molecular complexity index is 603. The van der Waals surface area contributed by atoms with Crippen molar-refractivity contribution in [1.29, 1.82) is 0 Å². The van der Waals surface area contributed by atoms with E-state index in [0.717, 1.165) is 10.7 Å². The highest BCUT2D eigenvalue weighted by molar-refractivity contribution is 7.09. The highest BCUT2D eigenvalue weighted by Crippen LogP contribution is 2.18. The quantitative estimate of drug-likeness (QED) is 0.888. The second kappa shape index (κ2) is 7.74. The van der Waals surface area contributed by atoms with Crippen molar-refractivity contribution in [3.8, 4) is 5.88 Å². The van der Waals surface area contributed by atoms with Crippen molar-refractivity contribution in [3.05, 3.63) is 40.5 Å². The summed E-state index contributed by atoms with van der Waals surface area (Å²) in [5.41, 5.74) is 0.758. The summed E-state index contributed by atoms with van der Waals surface area (Å²) < 4.78 is 5.06. The number of nitrogens with one attached hydrogen (secondary N) is 1. The minimum Gasteiger partial charge on any atom is -0.481 e. The third-order valence-electron chi connectivity index (χ3n) is 3.18. The molecular formula is C15H20N4O2S. The van der Waals surface area contributed by atoms with Crippen LogP contribution >= 0.6 is 11.3 Å². The fourth-order valence-electron chi connectivity index (χ4n) is 2.02. The number of aromatic nitrogens is 2. The van der Waals surface area contributed by atoms with Crippen LogP contribution in [0, 0.1) is 0 Å². The predicted octanol–water partition coefficient (Wildman–Crippen LogP) is 2.49. The molecule has 118 valence electrons. The number of methoxy groups -OCH3 is 1. The zero-order valence-electron chi connectivity index (χ0n) is 12.9. The minimum absolute atomic E-state index is 0.131. The molecule has 0 spiro atoms. The maximum Gasteiger partial charge on any atom is 0.317 e. The molecule has 0 bridgehead atoms. The van der Waals surface area contributed by atoms with Crippen molar-refractivity contribution < 1.29 is 9.53 Å². The Hall–Kier alpha value is -2.15. The average molecular weight is 320 g/mol. The number of rotatable bonds is 6. The molecule has 0 aliphatic heterocycles. The van der Waals surface area contributed by atoms with Gasteiger partial charge in [-0.25, -0.2) is 14.8 Å². The number of urea groups is 1. The van der Waals surface area contributed by atoms with Gasteiger partial charge in [0.1, 0.15) is 0 Å². The van der Waals surface area contributed by atoms with Gasteiger partial charge in [0.25, 0.3) is 0 Å². The molecule has 0 aliphatic carbocycles. The van der Waals surface area contributed by atoms with E-state index in [1.165, 1.54) is 0 Å². The van der Waals surface area contributed by atoms with Gasteiger partial charge in [0.05, 0.1) is 24.4 Å². The molecule has 2 aromatic rings. The van der Waals surface area contributed by atoms with Crippen LogP contribution in [0.4, 0.5) is 4.79 Å². The van der Waals surface area contributed by atoms with E-state index in [2.05, 4.69) is 22.2 Å². The lowest BCUT2D eigenvalue weighted by Crippen LogP contribution is -2.38. The van der Waals surface area contributed by atoms with Crippen LogP contribution in [0.15, 0.2) is 29.8 Å². The van der Waals surface area contributed by atoms with Gasteiger partial charge in [0, 0.05) is 37.2 Å². The number of carbonyl (C=O) groups excluding carboxylic acids is 1. The first-order valence-corrected chi connectivity index (χ1v) is 7.86. The Morgan fingerprint density at radius 2 is 2.32 bits per heavy atom. The number of carbonyl (C=O) groups is 1. The summed E-state index contributed by atoms with van der Waals surface area (Å²) in [6, 6.07) is 5.34. The first kappa shape index (κ1) is 16.2. The fraction of sp³-hybridized carbons (Fsp3) is 0.400. The largest absolute Gasteiger partial charge is 0.481 e. The second-order valence-corrected chi connectivity index (χ2v) is 5.91. The number of nitrogens with zero attached hydrogens (tertiary/aromatic N) is 3. The van der Waals surface area contributed by atoms with E-state index in [1.807, 2.05) is 17.5 Å². The number of thiazole rings is 1. The number of hydrogen-bond donors (Lipinski definition) is 1. The van der Waals surface area contributed by atoms with E-state index >= 15 is 0 Å². The van der Waals surface area contributed by atoms with Gasteiger partial charge in [0.15, 0.2) is 0 Å². The molecule has 2 heterocycles. The smallest absolute Gasteiger partial charge is 0.317 e. The predicted molar refractivity (Wildman–Crippen MR) is 86.2 cm³/mol. The standard InChI is InChI=1S/C15H20N4O2S/c1-11(14-16-7-8-22-14)10-19(2)15(20)17-9-12-5-4-6-13(18-12)21-3/h4-8,11H,9-10H2,1-3H3,(H,17,20)/t11-/m0/s1. The third-order valence-corrected chi connectivity index (χ3v) is 4.19. The van der Waals surface area contributed by atoms with Gasteiger partial charge in [0.2, 0.25) is 5.88 Å². The number of ether oxygens (including phenoxy) is 1. The van der Waals surface area contributed by atoms with E-state index in [1.54, 1.807) is 42.7 Å². The van der Waals surface area contributed by atoms with Gasteiger partial charge in [-0.05, 0) is 6.07 Å². The highest BCUT2D eigenvalue weighted by atomic mass is 32.1. The lowest BCUT2D eigenvalue weighted by Gasteiger charge is -2.21. The Morgan fingerprint density at radius 3 is 3.00 bits per heavy atom. The Kier molecular flexibility index (Phi) is 5.71.